The number of Topliss-reactive ketones (excluding diaryl/α,β-unsaturated/α-hetero) is 1. The van der Waals surface area contributed by atoms with Crippen LogP contribution < -0.4 is 10.2 Å². The van der Waals surface area contributed by atoms with Gasteiger partial charge in [-0.15, -0.1) is 0 Å². The molecule has 2 heterocycles. The first-order chi connectivity index (χ1) is 10.6. The predicted octanol–water partition coefficient (Wildman–Crippen LogP) is 1.77. The summed E-state index contributed by atoms with van der Waals surface area (Å²) >= 11 is 0. The summed E-state index contributed by atoms with van der Waals surface area (Å²) in [5.41, 5.74) is 0.533. The van der Waals surface area contributed by atoms with Gasteiger partial charge in [-0.25, -0.2) is 4.79 Å². The molecule has 1 aromatic heterocycles. The summed E-state index contributed by atoms with van der Waals surface area (Å²) in [4.78, 5) is 36.7. The van der Waals surface area contributed by atoms with Crippen LogP contribution in [0.3, 0.4) is 0 Å². The number of aryl methyl sites for hydroxylation is 1. The Hall–Kier alpha value is -2.63. The Bertz CT molecular complexity index is 850. The Kier molecular flexibility index (Phi) is 3.44. The number of ketones is 1. The number of aromatic nitrogens is 1. The van der Waals surface area contributed by atoms with Crippen LogP contribution in [0.5, 0.6) is 5.75 Å². The molecule has 3 rings (SSSR count). The van der Waals surface area contributed by atoms with Gasteiger partial charge < -0.3 is 14.0 Å². The topological polar surface area (TPSA) is 74.6 Å². The number of hydrogen-bond donors (Lipinski definition) is 0. The van der Waals surface area contributed by atoms with Crippen molar-refractivity contribution in [3.8, 4) is 5.75 Å². The average molecular weight is 301 g/mol. The molecule has 6 nitrogen and oxygen atoms in total. The van der Waals surface area contributed by atoms with Crippen LogP contribution in [0.2, 0.25) is 0 Å². The lowest BCUT2D eigenvalue weighted by Gasteiger charge is -2.20. The van der Waals surface area contributed by atoms with Crippen LogP contribution in [0.25, 0.3) is 10.9 Å². The summed E-state index contributed by atoms with van der Waals surface area (Å²) in [6.07, 6.45) is 1.80. The number of ether oxygens (including phenoxy) is 2. The fraction of sp³-hybridized carbons (Fsp3) is 0.312. The molecule has 1 aliphatic rings. The highest BCUT2D eigenvalue weighted by Crippen LogP contribution is 2.28. The van der Waals surface area contributed by atoms with Crippen molar-refractivity contribution in [2.24, 2.45) is 0 Å². The molecule has 0 unspecified atom stereocenters. The molecular formula is C16H15NO5. The number of rotatable bonds is 3. The highest BCUT2D eigenvalue weighted by Gasteiger charge is 2.24. The summed E-state index contributed by atoms with van der Waals surface area (Å²) in [6, 6.07) is 3.18. The zero-order chi connectivity index (χ0) is 15.9. The minimum absolute atomic E-state index is 0.0251. The Morgan fingerprint density at radius 1 is 1.32 bits per heavy atom. The normalized spacial score (nSPS) is 13.3. The van der Waals surface area contributed by atoms with E-state index < -0.39 is 11.4 Å². The molecule has 6 heteroatoms. The van der Waals surface area contributed by atoms with E-state index in [4.69, 9.17) is 9.47 Å². The first-order valence-corrected chi connectivity index (χ1v) is 7.02. The van der Waals surface area contributed by atoms with E-state index in [1.165, 1.54) is 13.3 Å². The number of carbonyl (C=O) groups excluding carboxylic acids is 2. The molecule has 0 saturated heterocycles. The quantitative estimate of drug-likeness (QED) is 0.808. The minimum Gasteiger partial charge on any atom is -0.497 e. The molecule has 0 atom stereocenters. The summed E-state index contributed by atoms with van der Waals surface area (Å²) in [7, 11) is 1.47. The molecular weight excluding hydrogens is 286 g/mol. The molecule has 0 aliphatic carbocycles. The van der Waals surface area contributed by atoms with Crippen molar-refractivity contribution in [1.82, 2.24) is 4.57 Å². The fourth-order valence-electron chi connectivity index (χ4n) is 2.73. The van der Waals surface area contributed by atoms with Crippen molar-refractivity contribution in [2.45, 2.75) is 19.9 Å². The smallest absolute Gasteiger partial charge is 0.343 e. The van der Waals surface area contributed by atoms with Gasteiger partial charge in [-0.05, 0) is 19.1 Å². The Morgan fingerprint density at radius 3 is 2.77 bits per heavy atom. The van der Waals surface area contributed by atoms with Crippen LogP contribution in [0, 0.1) is 0 Å². The van der Waals surface area contributed by atoms with Crippen molar-refractivity contribution in [2.75, 3.05) is 13.7 Å². The lowest BCUT2D eigenvalue weighted by Crippen LogP contribution is -2.25. The van der Waals surface area contributed by atoms with Gasteiger partial charge in [-0.2, -0.15) is 0 Å². The first kappa shape index (κ1) is 14.3. The lowest BCUT2D eigenvalue weighted by molar-refractivity contribution is 0.0524. The Labute approximate surface area is 126 Å². The van der Waals surface area contributed by atoms with Gasteiger partial charge in [-0.1, -0.05) is 0 Å². The maximum Gasteiger partial charge on any atom is 0.343 e. The van der Waals surface area contributed by atoms with Gasteiger partial charge in [0.05, 0.1) is 24.6 Å². The van der Waals surface area contributed by atoms with E-state index in [0.29, 0.717) is 35.2 Å². The molecule has 1 aliphatic heterocycles. The Balaban J connectivity index is 2.38. The summed E-state index contributed by atoms with van der Waals surface area (Å²) < 4.78 is 11.9. The van der Waals surface area contributed by atoms with Gasteiger partial charge in [-0.3, -0.25) is 9.59 Å². The van der Waals surface area contributed by atoms with Crippen LogP contribution >= 0.6 is 0 Å². The number of pyridine rings is 1. The van der Waals surface area contributed by atoms with Gasteiger partial charge >= 0.3 is 5.97 Å². The third-order valence-corrected chi connectivity index (χ3v) is 3.76. The van der Waals surface area contributed by atoms with Gasteiger partial charge in [0.25, 0.3) is 0 Å². The molecule has 2 aromatic rings. The number of nitrogens with zero attached hydrogens (tertiary/aromatic N) is 1. The van der Waals surface area contributed by atoms with Crippen LogP contribution in [0.1, 0.15) is 34.1 Å². The third-order valence-electron chi connectivity index (χ3n) is 3.76. The van der Waals surface area contributed by atoms with Gasteiger partial charge in [0.15, 0.2) is 5.78 Å². The number of carbonyl (C=O) groups is 2. The molecule has 22 heavy (non-hydrogen) atoms. The van der Waals surface area contributed by atoms with E-state index >= 15 is 0 Å². The highest BCUT2D eigenvalue weighted by molar-refractivity contribution is 6.09. The van der Waals surface area contributed by atoms with Gasteiger partial charge in [0, 0.05) is 24.7 Å². The van der Waals surface area contributed by atoms with Crippen molar-refractivity contribution in [3.63, 3.8) is 0 Å². The zero-order valence-electron chi connectivity index (χ0n) is 12.3. The van der Waals surface area contributed by atoms with Crippen LogP contribution in [0.4, 0.5) is 0 Å². The second-order valence-electron chi connectivity index (χ2n) is 5.03. The molecule has 0 bridgehead atoms. The van der Waals surface area contributed by atoms with Crippen molar-refractivity contribution in [1.29, 1.82) is 0 Å². The van der Waals surface area contributed by atoms with E-state index in [1.807, 2.05) is 0 Å². The van der Waals surface area contributed by atoms with E-state index in [-0.39, 0.29) is 18.0 Å². The average Bonchev–Trinajstić information content (AvgIpc) is 2.52. The molecule has 0 fully saturated rings. The Morgan fingerprint density at radius 2 is 2.09 bits per heavy atom. The molecule has 0 amide bonds. The van der Waals surface area contributed by atoms with Gasteiger partial charge in [0.2, 0.25) is 5.43 Å². The lowest BCUT2D eigenvalue weighted by atomic mass is 9.98. The standard InChI is InChI=1S/C16H15NO5/c1-3-22-16(20)12-8-17-5-4-13(18)10-6-9(21-2)7-11(14(10)17)15(12)19/h6-8H,3-5H2,1-2H3. The van der Waals surface area contributed by atoms with E-state index in [9.17, 15) is 14.4 Å². The second kappa shape index (κ2) is 5.29. The van der Waals surface area contributed by atoms with Crippen molar-refractivity contribution >= 4 is 22.7 Å². The number of benzene rings is 1. The second-order valence-corrected chi connectivity index (χ2v) is 5.03. The summed E-state index contributed by atoms with van der Waals surface area (Å²) in [6.45, 7) is 2.31. The maximum atomic E-state index is 12.6. The zero-order valence-corrected chi connectivity index (χ0v) is 12.3. The van der Waals surface area contributed by atoms with Crippen molar-refractivity contribution < 1.29 is 19.1 Å². The first-order valence-electron chi connectivity index (χ1n) is 7.02. The third kappa shape index (κ3) is 2.07. The fourth-order valence-corrected chi connectivity index (χ4v) is 2.73. The number of methoxy groups -OCH3 is 1. The monoisotopic (exact) mass is 301 g/mol. The minimum atomic E-state index is -0.653. The molecule has 0 radical (unpaired) electrons. The van der Waals surface area contributed by atoms with E-state index in [2.05, 4.69) is 0 Å². The van der Waals surface area contributed by atoms with E-state index in [1.54, 1.807) is 23.6 Å². The largest absolute Gasteiger partial charge is 0.497 e. The van der Waals surface area contributed by atoms with Crippen molar-refractivity contribution in [3.05, 3.63) is 39.7 Å². The molecule has 0 N–H and O–H groups in total. The summed E-state index contributed by atoms with van der Waals surface area (Å²) in [5.74, 6) is -0.269. The van der Waals surface area contributed by atoms with Gasteiger partial charge in [0.1, 0.15) is 11.3 Å². The number of hydrogen-bond acceptors (Lipinski definition) is 5. The number of esters is 1. The molecule has 114 valence electrons. The SMILES string of the molecule is CCOC(=O)c1cn2c3c(cc(OC)cc3c1=O)C(=O)CC2. The highest BCUT2D eigenvalue weighted by atomic mass is 16.5. The molecule has 0 spiro atoms. The molecule has 0 saturated carbocycles. The summed E-state index contributed by atoms with van der Waals surface area (Å²) in [5, 5.41) is 0.299. The van der Waals surface area contributed by atoms with Crippen LogP contribution in [0.15, 0.2) is 23.1 Å². The van der Waals surface area contributed by atoms with Crippen LogP contribution in [-0.2, 0) is 11.3 Å². The maximum absolute atomic E-state index is 12.6. The predicted molar refractivity (Wildman–Crippen MR) is 79.7 cm³/mol. The van der Waals surface area contributed by atoms with E-state index in [0.717, 1.165) is 0 Å². The molecule has 1 aromatic carbocycles. The van der Waals surface area contributed by atoms with Crippen LogP contribution in [-0.4, -0.2) is 30.0 Å².